The highest BCUT2D eigenvalue weighted by atomic mass is 16.5. The van der Waals surface area contributed by atoms with E-state index in [1.807, 2.05) is 26.1 Å². The van der Waals surface area contributed by atoms with E-state index < -0.39 is 0 Å². The smallest absolute Gasteiger partial charge is 0.229 e. The zero-order valence-corrected chi connectivity index (χ0v) is 18.4. The van der Waals surface area contributed by atoms with Crippen LogP contribution in [0.2, 0.25) is 0 Å². The lowest BCUT2D eigenvalue weighted by Crippen LogP contribution is -2.30. The summed E-state index contributed by atoms with van der Waals surface area (Å²) in [5, 5.41) is 3.86. The standard InChI is InChI=1S/C24H32N4O2/c1-5-7-14-28(3)22(6-2)18-8-9-19-16-25-24(26-21(19)15-18)27-23(29)17-10-12-20(30-4)13-11-17/h6-9,14-17,20H,5,10-13H2,1-4H3,(H,25,26,27,29)/b14-7+,22-6-. The van der Waals surface area contributed by atoms with E-state index in [1.165, 1.54) is 0 Å². The van der Waals surface area contributed by atoms with Crippen molar-refractivity contribution in [3.05, 3.63) is 48.3 Å². The third kappa shape index (κ3) is 5.25. The molecule has 1 fully saturated rings. The third-order valence-corrected chi connectivity index (χ3v) is 5.71. The summed E-state index contributed by atoms with van der Waals surface area (Å²) in [4.78, 5) is 23.7. The predicted octanol–water partition coefficient (Wildman–Crippen LogP) is 4.99. The number of aromatic nitrogens is 2. The average Bonchev–Trinajstić information content (AvgIpc) is 2.78. The number of nitrogens with zero attached hydrogens (tertiary/aromatic N) is 3. The molecule has 1 aromatic carbocycles. The number of amides is 1. The van der Waals surface area contributed by atoms with E-state index in [4.69, 9.17) is 4.74 Å². The van der Waals surface area contributed by atoms with Crippen LogP contribution in [0, 0.1) is 5.92 Å². The minimum atomic E-state index is -0.00402. The lowest BCUT2D eigenvalue weighted by Gasteiger charge is -2.26. The van der Waals surface area contributed by atoms with Crippen molar-refractivity contribution in [2.45, 2.75) is 52.1 Å². The molecular formula is C24H32N4O2. The molecule has 0 bridgehead atoms. The molecule has 0 unspecified atom stereocenters. The monoisotopic (exact) mass is 408 g/mol. The first-order chi connectivity index (χ1) is 14.5. The first-order valence-electron chi connectivity index (χ1n) is 10.7. The summed E-state index contributed by atoms with van der Waals surface area (Å²) in [5.41, 5.74) is 2.98. The highest BCUT2D eigenvalue weighted by molar-refractivity contribution is 5.92. The highest BCUT2D eigenvalue weighted by Crippen LogP contribution is 2.27. The number of carbonyl (C=O) groups excluding carboxylic acids is 1. The van der Waals surface area contributed by atoms with Gasteiger partial charge in [0.1, 0.15) is 0 Å². The number of rotatable bonds is 7. The van der Waals surface area contributed by atoms with E-state index in [1.54, 1.807) is 13.3 Å². The number of carbonyl (C=O) groups is 1. The second kappa shape index (κ2) is 10.3. The van der Waals surface area contributed by atoms with Crippen molar-refractivity contribution in [2.24, 2.45) is 5.92 Å². The van der Waals surface area contributed by atoms with Crippen LogP contribution >= 0.6 is 0 Å². The Balaban J connectivity index is 1.76. The number of anilines is 1. The van der Waals surface area contributed by atoms with E-state index >= 15 is 0 Å². The van der Waals surface area contributed by atoms with Gasteiger partial charge in [0, 0.05) is 37.4 Å². The van der Waals surface area contributed by atoms with Crippen molar-refractivity contribution < 1.29 is 9.53 Å². The first kappa shape index (κ1) is 22.0. The number of ether oxygens (including phenoxy) is 1. The fourth-order valence-electron chi connectivity index (χ4n) is 3.93. The number of hydrogen-bond acceptors (Lipinski definition) is 5. The maximum Gasteiger partial charge on any atom is 0.229 e. The lowest BCUT2D eigenvalue weighted by atomic mass is 9.87. The normalized spacial score (nSPS) is 19.9. The van der Waals surface area contributed by atoms with Gasteiger partial charge in [-0.15, -0.1) is 0 Å². The molecule has 1 N–H and O–H groups in total. The Hall–Kier alpha value is -2.73. The molecule has 0 saturated heterocycles. The number of nitrogens with one attached hydrogen (secondary N) is 1. The minimum absolute atomic E-state index is 0.00126. The first-order valence-corrected chi connectivity index (χ1v) is 10.7. The van der Waals surface area contributed by atoms with Gasteiger partial charge in [-0.1, -0.05) is 31.2 Å². The molecule has 6 heteroatoms. The van der Waals surface area contributed by atoms with Crippen LogP contribution in [-0.4, -0.2) is 41.0 Å². The van der Waals surface area contributed by atoms with Crippen molar-refractivity contribution in [2.75, 3.05) is 19.5 Å². The van der Waals surface area contributed by atoms with E-state index in [9.17, 15) is 4.79 Å². The van der Waals surface area contributed by atoms with Gasteiger partial charge in [-0.2, -0.15) is 0 Å². The van der Waals surface area contributed by atoms with Gasteiger partial charge in [0.2, 0.25) is 11.9 Å². The molecule has 0 spiro atoms. The summed E-state index contributed by atoms with van der Waals surface area (Å²) < 4.78 is 5.40. The summed E-state index contributed by atoms with van der Waals surface area (Å²) in [7, 11) is 3.77. The van der Waals surface area contributed by atoms with Crippen LogP contribution in [-0.2, 0) is 9.53 Å². The van der Waals surface area contributed by atoms with Crippen LogP contribution in [0.15, 0.2) is 42.7 Å². The topological polar surface area (TPSA) is 67.3 Å². The predicted molar refractivity (Wildman–Crippen MR) is 122 cm³/mol. The Morgan fingerprint density at radius 2 is 2.07 bits per heavy atom. The number of hydrogen-bond donors (Lipinski definition) is 1. The van der Waals surface area contributed by atoms with Gasteiger partial charge in [-0.25, -0.2) is 9.97 Å². The largest absolute Gasteiger partial charge is 0.381 e. The molecule has 160 valence electrons. The maximum absolute atomic E-state index is 12.7. The quantitative estimate of drug-likeness (QED) is 0.699. The fraction of sp³-hybridized carbons (Fsp3) is 0.458. The molecule has 6 nitrogen and oxygen atoms in total. The number of fused-ring (bicyclic) bond motifs is 1. The summed E-state index contributed by atoms with van der Waals surface area (Å²) >= 11 is 0. The molecule has 1 aliphatic rings. The van der Waals surface area contributed by atoms with Gasteiger partial charge in [-0.3, -0.25) is 10.1 Å². The second-order valence-electron chi connectivity index (χ2n) is 7.74. The number of benzene rings is 1. The summed E-state index contributed by atoms with van der Waals surface area (Å²) in [6.45, 7) is 4.14. The van der Waals surface area contributed by atoms with Crippen LogP contribution in [0.5, 0.6) is 0 Å². The fourth-order valence-corrected chi connectivity index (χ4v) is 3.93. The molecule has 0 aliphatic heterocycles. The molecule has 1 aromatic heterocycles. The third-order valence-electron chi connectivity index (χ3n) is 5.71. The molecule has 3 rings (SSSR count). The molecule has 0 radical (unpaired) electrons. The summed E-state index contributed by atoms with van der Waals surface area (Å²) in [6, 6.07) is 6.13. The van der Waals surface area contributed by atoms with Gasteiger partial charge in [0.25, 0.3) is 0 Å². The number of methoxy groups -OCH3 is 1. The Morgan fingerprint density at radius 1 is 1.30 bits per heavy atom. The minimum Gasteiger partial charge on any atom is -0.381 e. The van der Waals surface area contributed by atoms with Gasteiger partial charge in [0.15, 0.2) is 0 Å². The van der Waals surface area contributed by atoms with Crippen LogP contribution in [0.25, 0.3) is 16.6 Å². The van der Waals surface area contributed by atoms with Crippen LogP contribution in [0.1, 0.15) is 51.5 Å². The number of allylic oxidation sites excluding steroid dienone is 2. The molecule has 1 saturated carbocycles. The lowest BCUT2D eigenvalue weighted by molar-refractivity contribution is -0.121. The Labute approximate surface area is 179 Å². The van der Waals surface area contributed by atoms with Crippen molar-refractivity contribution in [3.63, 3.8) is 0 Å². The van der Waals surface area contributed by atoms with Crippen molar-refractivity contribution >= 4 is 28.5 Å². The molecule has 0 atom stereocenters. The Bertz CT molecular complexity index is 930. The Morgan fingerprint density at radius 3 is 2.73 bits per heavy atom. The molecule has 1 aliphatic carbocycles. The average molecular weight is 409 g/mol. The maximum atomic E-state index is 12.7. The second-order valence-corrected chi connectivity index (χ2v) is 7.74. The zero-order valence-electron chi connectivity index (χ0n) is 18.4. The van der Waals surface area contributed by atoms with E-state index in [0.29, 0.717) is 5.95 Å². The summed E-state index contributed by atoms with van der Waals surface area (Å²) in [5.74, 6) is 0.356. The molecule has 2 aromatic rings. The van der Waals surface area contributed by atoms with E-state index in [0.717, 1.165) is 54.3 Å². The Kier molecular flexibility index (Phi) is 7.57. The van der Waals surface area contributed by atoms with E-state index in [-0.39, 0.29) is 17.9 Å². The molecule has 30 heavy (non-hydrogen) atoms. The van der Waals surface area contributed by atoms with Crippen LogP contribution in [0.4, 0.5) is 5.95 Å². The van der Waals surface area contributed by atoms with Crippen LogP contribution < -0.4 is 5.32 Å². The van der Waals surface area contributed by atoms with Gasteiger partial charge in [-0.05, 0) is 56.9 Å². The van der Waals surface area contributed by atoms with Crippen LogP contribution in [0.3, 0.4) is 0 Å². The van der Waals surface area contributed by atoms with Crippen molar-refractivity contribution in [1.82, 2.24) is 14.9 Å². The van der Waals surface area contributed by atoms with Gasteiger partial charge >= 0.3 is 0 Å². The molecular weight excluding hydrogens is 376 g/mol. The highest BCUT2D eigenvalue weighted by Gasteiger charge is 2.26. The zero-order chi connectivity index (χ0) is 21.5. The summed E-state index contributed by atoms with van der Waals surface area (Å²) in [6.07, 6.45) is 12.8. The van der Waals surface area contributed by atoms with Crippen molar-refractivity contribution in [1.29, 1.82) is 0 Å². The van der Waals surface area contributed by atoms with Gasteiger partial charge in [0.05, 0.1) is 11.6 Å². The molecule has 1 heterocycles. The SMILES string of the molecule is C/C=C(/c1ccc2cnc(NC(=O)C3CCC(OC)CC3)nc2c1)N(C)/C=C/CC. The van der Waals surface area contributed by atoms with Crippen molar-refractivity contribution in [3.8, 4) is 0 Å². The molecule has 1 amide bonds. The van der Waals surface area contributed by atoms with E-state index in [2.05, 4.69) is 51.5 Å². The van der Waals surface area contributed by atoms with Gasteiger partial charge < -0.3 is 9.64 Å².